The largest absolute Gasteiger partial charge is 0.507 e. The van der Waals surface area contributed by atoms with E-state index in [0.29, 0.717) is 11.4 Å². The van der Waals surface area contributed by atoms with Gasteiger partial charge in [0.2, 0.25) is 0 Å². The summed E-state index contributed by atoms with van der Waals surface area (Å²) in [4.78, 5) is 10.7. The Hall–Kier alpha value is -2.47. The van der Waals surface area contributed by atoms with Gasteiger partial charge in [0.25, 0.3) is 0 Å². The predicted octanol–water partition coefficient (Wildman–Crippen LogP) is 3.41. The van der Waals surface area contributed by atoms with Gasteiger partial charge in [-0.15, -0.1) is 11.3 Å². The van der Waals surface area contributed by atoms with Crippen molar-refractivity contribution in [3.05, 3.63) is 47.1 Å². The normalized spacial score (nSPS) is 11.3. The van der Waals surface area contributed by atoms with Crippen molar-refractivity contribution in [2.45, 2.75) is 13.3 Å². The maximum Gasteiger partial charge on any atom is 0.158 e. The molecule has 0 unspecified atom stereocenters. The molecule has 0 aliphatic carbocycles. The number of phenols is 1. The van der Waals surface area contributed by atoms with E-state index < -0.39 is 0 Å². The molecule has 3 rings (SSSR count). The second-order valence-electron chi connectivity index (χ2n) is 4.44. The molecular weight excluding hydrogens is 284 g/mol. The number of hydrogen-bond donors (Lipinski definition) is 2. The van der Waals surface area contributed by atoms with Crippen LogP contribution in [0.3, 0.4) is 0 Å². The van der Waals surface area contributed by atoms with Crippen LogP contribution in [0.4, 0.5) is 5.82 Å². The zero-order valence-corrected chi connectivity index (χ0v) is 12.3. The highest BCUT2D eigenvalue weighted by molar-refractivity contribution is 7.18. The maximum atomic E-state index is 9.67. The number of aryl methyl sites for hydroxylation is 1. The second kappa shape index (κ2) is 5.88. The number of anilines is 1. The molecule has 1 aromatic carbocycles. The number of hydrazone groups is 1. The third-order valence-corrected chi connectivity index (χ3v) is 4.23. The van der Waals surface area contributed by atoms with E-state index in [1.54, 1.807) is 35.8 Å². The number of fused-ring (bicyclic) bond motifs is 1. The Balaban J connectivity index is 1.85. The highest BCUT2D eigenvalue weighted by Crippen LogP contribution is 2.28. The summed E-state index contributed by atoms with van der Waals surface area (Å²) >= 11 is 1.66. The van der Waals surface area contributed by atoms with Crippen molar-refractivity contribution in [2.24, 2.45) is 5.10 Å². The number of benzene rings is 1. The first-order valence-electron chi connectivity index (χ1n) is 6.58. The summed E-state index contributed by atoms with van der Waals surface area (Å²) in [5.74, 6) is 0.863. The number of nitrogens with zero attached hydrogens (tertiary/aromatic N) is 3. The number of para-hydroxylation sites is 1. The Morgan fingerprint density at radius 3 is 3.00 bits per heavy atom. The van der Waals surface area contributed by atoms with Gasteiger partial charge in [-0.05, 0) is 24.6 Å². The molecule has 0 spiro atoms. The van der Waals surface area contributed by atoms with Gasteiger partial charge >= 0.3 is 0 Å². The fraction of sp³-hybridized carbons (Fsp3) is 0.133. The van der Waals surface area contributed by atoms with Crippen LogP contribution in [-0.4, -0.2) is 21.3 Å². The van der Waals surface area contributed by atoms with Crippen LogP contribution in [0.15, 0.2) is 41.8 Å². The van der Waals surface area contributed by atoms with E-state index in [9.17, 15) is 5.11 Å². The number of aromatic nitrogens is 2. The Labute approximate surface area is 126 Å². The van der Waals surface area contributed by atoms with Crippen molar-refractivity contribution < 1.29 is 5.11 Å². The summed E-state index contributed by atoms with van der Waals surface area (Å²) in [6.07, 6.45) is 4.06. The lowest BCUT2D eigenvalue weighted by atomic mass is 10.2. The second-order valence-corrected chi connectivity index (χ2v) is 5.55. The van der Waals surface area contributed by atoms with Crippen LogP contribution in [0.5, 0.6) is 5.75 Å². The molecule has 0 atom stereocenters. The minimum atomic E-state index is 0.194. The minimum Gasteiger partial charge on any atom is -0.507 e. The molecule has 2 heterocycles. The molecule has 0 saturated heterocycles. The average Bonchev–Trinajstić information content (AvgIpc) is 2.93. The number of thiophene rings is 1. The molecular formula is C15H14N4OS. The van der Waals surface area contributed by atoms with E-state index in [1.807, 2.05) is 6.07 Å². The molecule has 5 nitrogen and oxygen atoms in total. The number of rotatable bonds is 4. The number of aromatic hydroxyl groups is 1. The van der Waals surface area contributed by atoms with E-state index in [4.69, 9.17) is 0 Å². The van der Waals surface area contributed by atoms with E-state index in [1.165, 1.54) is 11.2 Å². The lowest BCUT2D eigenvalue weighted by Gasteiger charge is -2.00. The van der Waals surface area contributed by atoms with Crippen LogP contribution in [0, 0.1) is 0 Å². The first-order valence-corrected chi connectivity index (χ1v) is 7.40. The van der Waals surface area contributed by atoms with Gasteiger partial charge < -0.3 is 5.11 Å². The van der Waals surface area contributed by atoms with Crippen molar-refractivity contribution in [2.75, 3.05) is 5.43 Å². The quantitative estimate of drug-likeness (QED) is 0.572. The predicted molar refractivity (Wildman–Crippen MR) is 86.1 cm³/mol. The Bertz CT molecular complexity index is 797. The fourth-order valence-electron chi connectivity index (χ4n) is 1.93. The van der Waals surface area contributed by atoms with E-state index in [2.05, 4.69) is 33.5 Å². The van der Waals surface area contributed by atoms with Crippen LogP contribution in [0.2, 0.25) is 0 Å². The molecule has 0 aliphatic rings. The molecule has 3 aromatic rings. The minimum absolute atomic E-state index is 0.194. The van der Waals surface area contributed by atoms with Crippen molar-refractivity contribution in [1.82, 2.24) is 9.97 Å². The topological polar surface area (TPSA) is 70.4 Å². The average molecular weight is 298 g/mol. The highest BCUT2D eigenvalue weighted by atomic mass is 32.1. The Morgan fingerprint density at radius 2 is 2.19 bits per heavy atom. The lowest BCUT2D eigenvalue weighted by molar-refractivity contribution is 0.474. The van der Waals surface area contributed by atoms with Crippen molar-refractivity contribution in [3.63, 3.8) is 0 Å². The number of nitrogens with one attached hydrogen (secondary N) is 1. The first kappa shape index (κ1) is 13.5. The monoisotopic (exact) mass is 298 g/mol. The van der Waals surface area contributed by atoms with Crippen LogP contribution in [0.25, 0.3) is 10.2 Å². The number of phenolic OH excluding ortho intramolecular Hbond substituents is 1. The summed E-state index contributed by atoms with van der Waals surface area (Å²) in [6, 6.07) is 9.10. The molecule has 0 amide bonds. The molecule has 21 heavy (non-hydrogen) atoms. The zero-order chi connectivity index (χ0) is 14.7. The van der Waals surface area contributed by atoms with Gasteiger partial charge in [-0.3, -0.25) is 5.43 Å². The number of hydrogen-bond acceptors (Lipinski definition) is 6. The molecule has 2 N–H and O–H groups in total. The van der Waals surface area contributed by atoms with Crippen LogP contribution < -0.4 is 5.43 Å². The third kappa shape index (κ3) is 2.85. The van der Waals surface area contributed by atoms with Crippen LogP contribution in [0.1, 0.15) is 17.4 Å². The van der Waals surface area contributed by atoms with Gasteiger partial charge in [0.05, 0.1) is 11.6 Å². The summed E-state index contributed by atoms with van der Waals surface area (Å²) in [5.41, 5.74) is 3.56. The molecule has 6 heteroatoms. The fourth-order valence-corrected chi connectivity index (χ4v) is 2.86. The molecule has 0 aliphatic heterocycles. The van der Waals surface area contributed by atoms with E-state index >= 15 is 0 Å². The van der Waals surface area contributed by atoms with Gasteiger partial charge in [-0.2, -0.15) is 5.10 Å². The highest BCUT2D eigenvalue weighted by Gasteiger charge is 2.07. The lowest BCUT2D eigenvalue weighted by Crippen LogP contribution is -1.94. The van der Waals surface area contributed by atoms with Gasteiger partial charge in [0.15, 0.2) is 5.82 Å². The Kier molecular flexibility index (Phi) is 3.79. The van der Waals surface area contributed by atoms with Gasteiger partial charge in [-0.1, -0.05) is 19.1 Å². The molecule has 106 valence electrons. The SMILES string of the molecule is CCc1cc2c(N/N=C\c3ccccc3O)ncnc2s1. The van der Waals surface area contributed by atoms with Crippen molar-refractivity contribution in [3.8, 4) is 5.75 Å². The Morgan fingerprint density at radius 1 is 1.33 bits per heavy atom. The van der Waals surface area contributed by atoms with E-state index in [-0.39, 0.29) is 5.75 Å². The van der Waals surface area contributed by atoms with E-state index in [0.717, 1.165) is 16.6 Å². The summed E-state index contributed by atoms with van der Waals surface area (Å²) < 4.78 is 0. The molecule has 2 aromatic heterocycles. The molecule has 0 fully saturated rings. The standard InChI is InChI=1S/C15H14N4OS/c1-2-11-7-12-14(16-9-17-15(12)21-11)19-18-8-10-5-3-4-6-13(10)20/h3-9,20H,2H2,1H3,(H,16,17,19)/b18-8-. The van der Waals surface area contributed by atoms with Crippen LogP contribution in [-0.2, 0) is 6.42 Å². The van der Waals surface area contributed by atoms with Crippen molar-refractivity contribution >= 4 is 33.6 Å². The maximum absolute atomic E-state index is 9.67. The van der Waals surface area contributed by atoms with Crippen molar-refractivity contribution in [1.29, 1.82) is 0 Å². The van der Waals surface area contributed by atoms with Gasteiger partial charge in [0, 0.05) is 10.4 Å². The third-order valence-electron chi connectivity index (χ3n) is 3.04. The van der Waals surface area contributed by atoms with Gasteiger partial charge in [-0.25, -0.2) is 9.97 Å². The van der Waals surface area contributed by atoms with Crippen LogP contribution >= 0.6 is 11.3 Å². The molecule has 0 saturated carbocycles. The summed E-state index contributed by atoms with van der Waals surface area (Å²) in [5, 5.41) is 14.8. The summed E-state index contributed by atoms with van der Waals surface area (Å²) in [6.45, 7) is 2.11. The zero-order valence-electron chi connectivity index (χ0n) is 11.4. The first-order chi connectivity index (χ1) is 10.3. The molecule has 0 radical (unpaired) electrons. The summed E-state index contributed by atoms with van der Waals surface area (Å²) in [7, 11) is 0. The molecule has 0 bridgehead atoms. The van der Waals surface area contributed by atoms with Gasteiger partial charge in [0.1, 0.15) is 16.9 Å². The smallest absolute Gasteiger partial charge is 0.158 e.